The molecule has 0 aliphatic carbocycles. The van der Waals surface area contributed by atoms with Crippen LogP contribution in [0, 0.1) is 0 Å². The Labute approximate surface area is 194 Å². The third-order valence-corrected chi connectivity index (χ3v) is 9.26. The third kappa shape index (κ3) is 3.75. The molecule has 1 saturated heterocycles. The minimum Gasteiger partial charge on any atom is -0.352 e. The Balaban J connectivity index is 1.38. The third-order valence-electron chi connectivity index (χ3n) is 5.41. The molecular formula is C20H20ClN7O2S2. The van der Waals surface area contributed by atoms with E-state index in [1.54, 1.807) is 22.9 Å². The molecule has 0 spiro atoms. The van der Waals surface area contributed by atoms with Gasteiger partial charge in [-0.1, -0.05) is 23.7 Å². The van der Waals surface area contributed by atoms with Crippen LogP contribution >= 0.6 is 22.9 Å². The fourth-order valence-electron chi connectivity index (χ4n) is 3.68. The van der Waals surface area contributed by atoms with E-state index in [0.29, 0.717) is 52.4 Å². The van der Waals surface area contributed by atoms with Gasteiger partial charge in [0, 0.05) is 36.1 Å². The summed E-state index contributed by atoms with van der Waals surface area (Å²) in [5.74, 6) is 0.650. The number of nitrogens with zero attached hydrogens (tertiary/aromatic N) is 7. The van der Waals surface area contributed by atoms with Crippen LogP contribution in [0.4, 0.5) is 5.82 Å². The summed E-state index contributed by atoms with van der Waals surface area (Å²) >= 11 is 7.33. The first kappa shape index (κ1) is 21.3. The fraction of sp³-hybridized carbons (Fsp3) is 0.300. The number of fused-ring (bicyclic) bond motifs is 1. The van der Waals surface area contributed by atoms with Crippen LogP contribution in [0.25, 0.3) is 16.9 Å². The molecule has 0 amide bonds. The largest absolute Gasteiger partial charge is 0.352 e. The highest BCUT2D eigenvalue weighted by atomic mass is 35.5. The number of aryl methyl sites for hydroxylation is 1. The second-order valence-corrected chi connectivity index (χ2v) is 11.1. The molecule has 0 atom stereocenters. The first-order chi connectivity index (χ1) is 15.5. The minimum atomic E-state index is -3.49. The van der Waals surface area contributed by atoms with Crippen LogP contribution in [-0.4, -0.2) is 63.9 Å². The smallest absolute Gasteiger partial charge is 0.252 e. The predicted molar refractivity (Wildman–Crippen MR) is 124 cm³/mol. The molecule has 5 rings (SSSR count). The van der Waals surface area contributed by atoms with Gasteiger partial charge in [0.05, 0.1) is 5.69 Å². The van der Waals surface area contributed by atoms with Crippen molar-refractivity contribution < 1.29 is 8.42 Å². The van der Waals surface area contributed by atoms with Crippen molar-refractivity contribution in [3.63, 3.8) is 0 Å². The fourth-order valence-corrected chi connectivity index (χ4v) is 6.68. The molecule has 1 fully saturated rings. The monoisotopic (exact) mass is 489 g/mol. The Bertz CT molecular complexity index is 1360. The summed E-state index contributed by atoms with van der Waals surface area (Å²) in [4.78, 5) is 11.9. The maximum atomic E-state index is 13.0. The topological polar surface area (TPSA) is 97.1 Å². The number of anilines is 1. The summed E-state index contributed by atoms with van der Waals surface area (Å²) in [5.41, 5.74) is 1.95. The summed E-state index contributed by atoms with van der Waals surface area (Å²) in [5, 5.41) is 9.18. The zero-order valence-electron chi connectivity index (χ0n) is 17.2. The molecule has 32 heavy (non-hydrogen) atoms. The molecule has 0 N–H and O–H groups in total. The molecule has 1 aliphatic heterocycles. The molecule has 1 aromatic carbocycles. The molecule has 3 aromatic heterocycles. The van der Waals surface area contributed by atoms with Crippen molar-refractivity contribution in [2.24, 2.45) is 0 Å². The lowest BCUT2D eigenvalue weighted by Crippen LogP contribution is -2.48. The Morgan fingerprint density at radius 2 is 1.78 bits per heavy atom. The van der Waals surface area contributed by atoms with Gasteiger partial charge in [0.2, 0.25) is 0 Å². The summed E-state index contributed by atoms with van der Waals surface area (Å²) in [6.45, 7) is 3.78. The van der Waals surface area contributed by atoms with E-state index in [4.69, 9.17) is 11.6 Å². The van der Waals surface area contributed by atoms with Crippen LogP contribution < -0.4 is 4.90 Å². The number of piperazine rings is 1. The van der Waals surface area contributed by atoms with E-state index in [1.807, 2.05) is 30.0 Å². The van der Waals surface area contributed by atoms with Crippen LogP contribution in [0.3, 0.4) is 0 Å². The highest BCUT2D eigenvalue weighted by Gasteiger charge is 2.31. The van der Waals surface area contributed by atoms with Crippen molar-refractivity contribution in [2.45, 2.75) is 17.6 Å². The van der Waals surface area contributed by atoms with Crippen molar-refractivity contribution in [3.05, 3.63) is 52.6 Å². The number of halogens is 1. The molecule has 0 radical (unpaired) electrons. The van der Waals surface area contributed by atoms with E-state index in [0.717, 1.165) is 17.0 Å². The Morgan fingerprint density at radius 1 is 1.03 bits per heavy atom. The molecule has 9 nitrogen and oxygen atoms in total. The average Bonchev–Trinajstić information content (AvgIpc) is 3.47. The van der Waals surface area contributed by atoms with E-state index >= 15 is 0 Å². The van der Waals surface area contributed by atoms with E-state index in [9.17, 15) is 8.42 Å². The number of sulfonamides is 1. The zero-order chi connectivity index (χ0) is 22.3. The SMILES string of the molecule is CCc1ccc(S(=O)(=O)N2CCN(c3ncnc4c3nnn4-c3ccc(Cl)cc3)CC2)s1. The molecule has 4 aromatic rings. The van der Waals surface area contributed by atoms with Gasteiger partial charge in [-0.2, -0.15) is 8.99 Å². The van der Waals surface area contributed by atoms with Gasteiger partial charge in [-0.15, -0.1) is 16.4 Å². The van der Waals surface area contributed by atoms with Gasteiger partial charge in [-0.3, -0.25) is 0 Å². The minimum absolute atomic E-state index is 0.374. The average molecular weight is 490 g/mol. The van der Waals surface area contributed by atoms with E-state index < -0.39 is 10.0 Å². The zero-order valence-corrected chi connectivity index (χ0v) is 19.6. The number of hydrogen-bond acceptors (Lipinski definition) is 8. The van der Waals surface area contributed by atoms with Gasteiger partial charge in [-0.05, 0) is 42.8 Å². The van der Waals surface area contributed by atoms with Gasteiger partial charge >= 0.3 is 0 Å². The van der Waals surface area contributed by atoms with Crippen molar-refractivity contribution >= 4 is 49.9 Å². The number of rotatable bonds is 5. The van der Waals surface area contributed by atoms with Crippen molar-refractivity contribution in [3.8, 4) is 5.69 Å². The van der Waals surface area contributed by atoms with Crippen LogP contribution in [0.2, 0.25) is 5.02 Å². The number of benzene rings is 1. The van der Waals surface area contributed by atoms with Gasteiger partial charge in [0.25, 0.3) is 10.0 Å². The quantitative estimate of drug-likeness (QED) is 0.425. The van der Waals surface area contributed by atoms with Crippen molar-refractivity contribution in [1.29, 1.82) is 0 Å². The van der Waals surface area contributed by atoms with Gasteiger partial charge < -0.3 is 4.90 Å². The van der Waals surface area contributed by atoms with Crippen LogP contribution in [0.15, 0.2) is 46.9 Å². The number of thiophene rings is 1. The molecule has 0 unspecified atom stereocenters. The lowest BCUT2D eigenvalue weighted by atomic mass is 10.3. The number of hydrogen-bond donors (Lipinski definition) is 0. The van der Waals surface area contributed by atoms with Gasteiger partial charge in [0.1, 0.15) is 10.5 Å². The van der Waals surface area contributed by atoms with E-state index in [-0.39, 0.29) is 0 Å². The lowest BCUT2D eigenvalue weighted by Gasteiger charge is -2.34. The molecule has 0 bridgehead atoms. The highest BCUT2D eigenvalue weighted by Crippen LogP contribution is 2.28. The summed E-state index contributed by atoms with van der Waals surface area (Å²) in [7, 11) is -3.49. The van der Waals surface area contributed by atoms with Crippen LogP contribution in [0.5, 0.6) is 0 Å². The molecule has 1 aliphatic rings. The molecular weight excluding hydrogens is 470 g/mol. The summed E-state index contributed by atoms with van der Waals surface area (Å²) in [6, 6.07) is 10.8. The van der Waals surface area contributed by atoms with Crippen LogP contribution in [0.1, 0.15) is 11.8 Å². The summed E-state index contributed by atoms with van der Waals surface area (Å²) in [6.07, 6.45) is 2.31. The maximum Gasteiger partial charge on any atom is 0.252 e. The Hall–Kier alpha value is -2.60. The first-order valence-corrected chi connectivity index (χ1v) is 12.8. The van der Waals surface area contributed by atoms with E-state index in [2.05, 4.69) is 20.3 Å². The second kappa shape index (κ2) is 8.39. The van der Waals surface area contributed by atoms with Gasteiger partial charge in [-0.25, -0.2) is 18.4 Å². The normalized spacial score (nSPS) is 15.5. The van der Waals surface area contributed by atoms with Crippen molar-refractivity contribution in [1.82, 2.24) is 29.3 Å². The van der Waals surface area contributed by atoms with Gasteiger partial charge in [0.15, 0.2) is 17.0 Å². The summed E-state index contributed by atoms with van der Waals surface area (Å²) < 4.78 is 29.6. The molecule has 12 heteroatoms. The Kier molecular flexibility index (Phi) is 5.58. The maximum absolute atomic E-state index is 13.0. The molecule has 166 valence electrons. The van der Waals surface area contributed by atoms with E-state index in [1.165, 1.54) is 22.0 Å². The Morgan fingerprint density at radius 3 is 2.47 bits per heavy atom. The molecule has 0 saturated carbocycles. The van der Waals surface area contributed by atoms with Crippen molar-refractivity contribution in [2.75, 3.05) is 31.1 Å². The standard InChI is InChI=1S/C20H20ClN7O2S2/c1-2-16-7-8-17(31-16)32(29,30)27-11-9-26(10-12-27)19-18-20(23-13-22-19)28(25-24-18)15-5-3-14(21)4-6-15/h3-8,13H,2,9-12H2,1H3. The second-order valence-electron chi connectivity index (χ2n) is 7.31. The molecule has 4 heterocycles. The predicted octanol–water partition coefficient (Wildman–Crippen LogP) is 3.00. The first-order valence-electron chi connectivity index (χ1n) is 10.1. The lowest BCUT2D eigenvalue weighted by molar-refractivity contribution is 0.385. The number of aromatic nitrogens is 5. The van der Waals surface area contributed by atoms with Crippen LogP contribution in [-0.2, 0) is 16.4 Å². The highest BCUT2D eigenvalue weighted by molar-refractivity contribution is 7.91.